The molecule has 0 fully saturated rings. The number of aryl methyl sites for hydroxylation is 1. The van der Waals surface area contributed by atoms with E-state index in [0.29, 0.717) is 0 Å². The van der Waals surface area contributed by atoms with Crippen LogP contribution in [0.25, 0.3) is 11.1 Å². The van der Waals surface area contributed by atoms with Gasteiger partial charge >= 0.3 is 11.9 Å². The van der Waals surface area contributed by atoms with E-state index in [4.69, 9.17) is 10.5 Å². The van der Waals surface area contributed by atoms with Crippen molar-refractivity contribution in [3.8, 4) is 11.1 Å². The van der Waals surface area contributed by atoms with E-state index in [2.05, 4.69) is 26.4 Å². The van der Waals surface area contributed by atoms with Gasteiger partial charge in [0.2, 0.25) is 10.0 Å². The molecule has 10 nitrogen and oxygen atoms in total. The first-order chi connectivity index (χ1) is 19.8. The molecule has 1 aromatic heterocycles. The van der Waals surface area contributed by atoms with Crippen molar-refractivity contribution < 1.29 is 22.7 Å². The average Bonchev–Trinajstić information content (AvgIpc) is 2.97. The van der Waals surface area contributed by atoms with Crippen molar-refractivity contribution >= 4 is 39.3 Å². The van der Waals surface area contributed by atoms with E-state index in [-0.39, 0.29) is 10.5 Å². The zero-order valence-corrected chi connectivity index (χ0v) is 22.9. The minimum absolute atomic E-state index is 0.00821. The molecular weight excluding hydrogens is 542 g/mol. The monoisotopic (exact) mass is 571 g/mol. The van der Waals surface area contributed by atoms with Crippen molar-refractivity contribution in [2.45, 2.75) is 30.3 Å². The summed E-state index contributed by atoms with van der Waals surface area (Å²) < 4.78 is 31.8. The highest BCUT2D eigenvalue weighted by Crippen LogP contribution is 2.27. The van der Waals surface area contributed by atoms with Gasteiger partial charge in [0.25, 0.3) is 0 Å². The molecule has 0 aliphatic carbocycles. The number of pyridine rings is 1. The summed E-state index contributed by atoms with van der Waals surface area (Å²) in [6, 6.07) is 26.1. The lowest BCUT2D eigenvalue weighted by atomic mass is 10.0. The molecule has 1 atom stereocenters. The van der Waals surface area contributed by atoms with E-state index in [9.17, 15) is 18.0 Å². The molecule has 3 aromatic carbocycles. The van der Waals surface area contributed by atoms with Crippen LogP contribution in [-0.2, 0) is 26.0 Å². The van der Waals surface area contributed by atoms with Gasteiger partial charge in [-0.15, -0.1) is 0 Å². The maximum Gasteiger partial charge on any atom is 0.345 e. The summed E-state index contributed by atoms with van der Waals surface area (Å²) in [4.78, 5) is 29.4. The predicted molar refractivity (Wildman–Crippen MR) is 156 cm³/mol. The molecule has 0 amide bonds. The Labute approximate surface area is 238 Å². The Bertz CT molecular complexity index is 1660. The van der Waals surface area contributed by atoms with Crippen LogP contribution in [0.1, 0.15) is 28.8 Å². The summed E-state index contributed by atoms with van der Waals surface area (Å²) in [6.07, 6.45) is 0.331. The number of ether oxygens (including phenoxy) is 1. The Morgan fingerprint density at radius 1 is 0.951 bits per heavy atom. The minimum atomic E-state index is -3.92. The summed E-state index contributed by atoms with van der Waals surface area (Å²) in [7, 11) is -3.92. The fourth-order valence-electron chi connectivity index (χ4n) is 4.41. The fourth-order valence-corrected chi connectivity index (χ4v) is 5.55. The van der Waals surface area contributed by atoms with Gasteiger partial charge in [0.15, 0.2) is 0 Å². The van der Waals surface area contributed by atoms with Gasteiger partial charge in [-0.25, -0.2) is 18.2 Å². The van der Waals surface area contributed by atoms with Gasteiger partial charge < -0.3 is 21.1 Å². The lowest BCUT2D eigenvalue weighted by Crippen LogP contribution is -2.43. The lowest BCUT2D eigenvalue weighted by Gasteiger charge is -2.18. The van der Waals surface area contributed by atoms with Crippen molar-refractivity contribution in [2.24, 2.45) is 5.73 Å². The number of benzene rings is 3. The Morgan fingerprint density at radius 2 is 1.73 bits per heavy atom. The van der Waals surface area contributed by atoms with Gasteiger partial charge in [-0.2, -0.15) is 4.72 Å². The highest BCUT2D eigenvalue weighted by Gasteiger charge is 2.22. The van der Waals surface area contributed by atoms with Crippen LogP contribution in [0.4, 0.5) is 17.3 Å². The number of hydrogen-bond donors (Lipinski definition) is 4. The van der Waals surface area contributed by atoms with E-state index in [1.54, 1.807) is 42.5 Å². The summed E-state index contributed by atoms with van der Waals surface area (Å²) in [5, 5.41) is 6.67. The first-order valence-corrected chi connectivity index (χ1v) is 14.5. The molecule has 0 unspecified atom stereocenters. The third kappa shape index (κ3) is 7.14. The first-order valence-electron chi connectivity index (χ1n) is 13.1. The van der Waals surface area contributed by atoms with Gasteiger partial charge in [0.05, 0.1) is 23.0 Å². The van der Waals surface area contributed by atoms with Gasteiger partial charge in [-0.05, 0) is 72.0 Å². The molecule has 5 rings (SSSR count). The molecule has 4 aromatic rings. The van der Waals surface area contributed by atoms with Gasteiger partial charge in [-0.1, -0.05) is 48.5 Å². The molecule has 2 heterocycles. The number of hydrogen-bond acceptors (Lipinski definition) is 9. The average molecular weight is 572 g/mol. The normalized spacial score (nSPS) is 13.4. The Morgan fingerprint density at radius 3 is 2.51 bits per heavy atom. The van der Waals surface area contributed by atoms with Crippen molar-refractivity contribution in [3.63, 3.8) is 0 Å². The molecule has 0 saturated carbocycles. The number of aromatic nitrogens is 1. The Hall–Kier alpha value is -4.58. The summed E-state index contributed by atoms with van der Waals surface area (Å²) >= 11 is 0. The molecule has 0 bridgehead atoms. The molecule has 0 radical (unpaired) electrons. The Balaban J connectivity index is 1.17. The van der Waals surface area contributed by atoms with Gasteiger partial charge in [0, 0.05) is 12.2 Å². The van der Waals surface area contributed by atoms with E-state index in [1.165, 1.54) is 17.7 Å². The number of rotatable bonds is 9. The number of sulfonamides is 1. The van der Waals surface area contributed by atoms with Gasteiger partial charge in [0.1, 0.15) is 11.6 Å². The van der Waals surface area contributed by atoms with Crippen LogP contribution in [0.15, 0.2) is 95.9 Å². The number of esters is 2. The fraction of sp³-hybridized carbons (Fsp3) is 0.167. The van der Waals surface area contributed by atoms with Gasteiger partial charge in [-0.3, -0.25) is 4.79 Å². The molecule has 1 aliphatic rings. The largest absolute Gasteiger partial charge is 0.389 e. The van der Waals surface area contributed by atoms with Crippen LogP contribution in [0.3, 0.4) is 0 Å². The number of nitrogens with two attached hydrogens (primary N) is 1. The molecular formula is C30H29N5O5S. The van der Waals surface area contributed by atoms with Crippen LogP contribution in [0.2, 0.25) is 0 Å². The van der Waals surface area contributed by atoms with Crippen LogP contribution in [-0.4, -0.2) is 38.1 Å². The Kier molecular flexibility index (Phi) is 8.39. The predicted octanol–water partition coefficient (Wildman–Crippen LogP) is 4.19. The third-order valence-corrected chi connectivity index (χ3v) is 7.94. The quantitative estimate of drug-likeness (QED) is 0.132. The second-order valence-electron chi connectivity index (χ2n) is 9.52. The highest BCUT2D eigenvalue weighted by molar-refractivity contribution is 7.89. The van der Waals surface area contributed by atoms with Crippen LogP contribution < -0.4 is 21.1 Å². The zero-order chi connectivity index (χ0) is 28.8. The van der Waals surface area contributed by atoms with E-state index in [1.807, 2.05) is 30.3 Å². The molecule has 5 N–H and O–H groups in total. The molecule has 210 valence electrons. The van der Waals surface area contributed by atoms with E-state index < -0.39 is 34.5 Å². The zero-order valence-electron chi connectivity index (χ0n) is 22.0. The molecule has 0 saturated heterocycles. The number of anilines is 3. The summed E-state index contributed by atoms with van der Waals surface area (Å²) in [6.45, 7) is 0.917. The molecule has 1 aliphatic heterocycles. The van der Waals surface area contributed by atoms with Crippen molar-refractivity contribution in [2.75, 3.05) is 17.2 Å². The third-order valence-electron chi connectivity index (χ3n) is 6.44. The number of nitrogens with zero attached hydrogens (tertiary/aromatic N) is 1. The maximum atomic E-state index is 12.5. The van der Waals surface area contributed by atoms with Crippen LogP contribution >= 0.6 is 0 Å². The number of fused-ring (bicyclic) bond motifs is 1. The van der Waals surface area contributed by atoms with E-state index >= 15 is 0 Å². The first kappa shape index (κ1) is 28.0. The highest BCUT2D eigenvalue weighted by atomic mass is 32.2. The molecule has 0 spiro atoms. The van der Waals surface area contributed by atoms with Crippen molar-refractivity contribution in [1.82, 2.24) is 9.71 Å². The SMILES string of the molecule is N[C@H](CC(=O)OC(=O)c1ccc(-c2cccc(Nc3ccc4c(n3)NCCC4)c2)cc1)NS(=O)(=O)c1ccccc1. The smallest absolute Gasteiger partial charge is 0.345 e. The van der Waals surface area contributed by atoms with Crippen LogP contribution in [0.5, 0.6) is 0 Å². The number of carbonyl (C=O) groups excluding carboxylic acids is 2. The second-order valence-corrected chi connectivity index (χ2v) is 11.2. The van der Waals surface area contributed by atoms with Crippen molar-refractivity contribution in [1.29, 1.82) is 0 Å². The minimum Gasteiger partial charge on any atom is -0.389 e. The van der Waals surface area contributed by atoms with E-state index in [0.717, 1.165) is 47.8 Å². The standard InChI is InChI=1S/C30H29N5O5S/c31-26(35-41(38,39)25-9-2-1-3-10-25)19-28(36)40-30(37)22-13-11-20(12-14-22)23-6-4-8-24(18-23)33-27-16-15-21-7-5-17-32-29(21)34-27/h1-4,6,8-16,18,26,35H,5,7,17,19,31H2,(H2,32,33,34)/t26-/m0/s1. The number of carbonyl (C=O) groups is 2. The van der Waals surface area contributed by atoms with Crippen LogP contribution in [0, 0.1) is 0 Å². The molecule has 41 heavy (non-hydrogen) atoms. The van der Waals surface area contributed by atoms with Crippen molar-refractivity contribution in [3.05, 3.63) is 102 Å². The summed E-state index contributed by atoms with van der Waals surface area (Å²) in [5.74, 6) is -0.159. The summed E-state index contributed by atoms with van der Waals surface area (Å²) in [5.41, 5.74) is 9.79. The maximum absolute atomic E-state index is 12.5. The number of nitrogens with one attached hydrogen (secondary N) is 3. The second kappa shape index (κ2) is 12.3. The topological polar surface area (TPSA) is 153 Å². The lowest BCUT2D eigenvalue weighted by molar-refractivity contribution is -0.138. The molecule has 11 heteroatoms.